The van der Waals surface area contributed by atoms with Crippen LogP contribution in [0, 0.1) is 11.6 Å². The van der Waals surface area contributed by atoms with Crippen LogP contribution in [-0.4, -0.2) is 85.2 Å². The number of H-pyrrole nitrogens is 1. The Morgan fingerprint density at radius 1 is 1.19 bits per heavy atom. The molecular weight excluding hydrogens is 562 g/mol. The van der Waals surface area contributed by atoms with E-state index in [2.05, 4.69) is 15.2 Å². The summed E-state index contributed by atoms with van der Waals surface area (Å²) in [7, 11) is 0. The lowest BCUT2D eigenvalue weighted by atomic mass is 9.86. The molecule has 3 aliphatic heterocycles. The van der Waals surface area contributed by atoms with Gasteiger partial charge in [0.05, 0.1) is 37.1 Å². The fourth-order valence-corrected chi connectivity index (χ4v) is 6.62. The summed E-state index contributed by atoms with van der Waals surface area (Å²) in [4.78, 5) is 6.97. The number of anilines is 1. The summed E-state index contributed by atoms with van der Waals surface area (Å²) in [6, 6.07) is 5.66. The van der Waals surface area contributed by atoms with Crippen molar-refractivity contribution in [2.24, 2.45) is 0 Å². The number of likely N-dealkylation sites (tertiary alicyclic amines) is 1. The molecule has 3 aliphatic rings. The Balaban J connectivity index is 1.42. The Kier molecular flexibility index (Phi) is 8.05. The Bertz CT molecular complexity index is 1430. The molecule has 0 radical (unpaired) electrons. The summed E-state index contributed by atoms with van der Waals surface area (Å²) < 4.78 is 96.4. The van der Waals surface area contributed by atoms with Crippen molar-refractivity contribution in [2.45, 2.75) is 56.6 Å². The van der Waals surface area contributed by atoms with E-state index >= 15 is 8.78 Å². The van der Waals surface area contributed by atoms with Gasteiger partial charge in [-0.1, -0.05) is 12.1 Å². The number of aromatic amines is 1. The number of fused-ring (bicyclic) bond motifs is 3. The third-order valence-electron chi connectivity index (χ3n) is 8.63. The topological polar surface area (TPSA) is 52.8 Å². The van der Waals surface area contributed by atoms with E-state index in [4.69, 9.17) is 9.47 Å². The van der Waals surface area contributed by atoms with Crippen LogP contribution in [-0.2, 0) is 11.2 Å². The van der Waals surface area contributed by atoms with E-state index in [0.717, 1.165) is 11.6 Å². The molecule has 0 spiro atoms. The van der Waals surface area contributed by atoms with E-state index in [0.29, 0.717) is 50.0 Å². The molecule has 0 bridgehead atoms. The van der Waals surface area contributed by atoms with Gasteiger partial charge in [-0.3, -0.25) is 9.29 Å². The maximum Gasteiger partial charge on any atom is 0.387 e. The number of nitrogens with zero attached hydrogens (tertiary/aromatic N) is 2. The molecule has 6 rings (SSSR count). The smallest absolute Gasteiger partial charge is 0.387 e. The standard InChI is InChI=1S/C30H34F6N4O2/c1-17-10-20-19-4-2-5-22(32)26(19)38-27(20)28(40(17)14-30(36)15-41-16-30)21-11-23(33)24(12-25(21)42-29(34)35)37-18-6-9-39(13-18)8-3-7-31/h2,4-5,11-12,17-18,28-29,37-38H,3,6-10,13-16H2,1H3/t17-,18+,28?/m1/s1. The molecule has 228 valence electrons. The lowest BCUT2D eigenvalue weighted by Crippen LogP contribution is -2.57. The van der Waals surface area contributed by atoms with Gasteiger partial charge in [0.25, 0.3) is 0 Å². The fourth-order valence-electron chi connectivity index (χ4n) is 6.62. The molecule has 0 saturated carbocycles. The number of nitrogens with one attached hydrogen (secondary N) is 2. The molecule has 2 aromatic carbocycles. The predicted octanol–water partition coefficient (Wildman–Crippen LogP) is 5.97. The second kappa shape index (κ2) is 11.6. The Morgan fingerprint density at radius 2 is 2.00 bits per heavy atom. The van der Waals surface area contributed by atoms with Crippen LogP contribution in [0.25, 0.3) is 10.9 Å². The Labute approximate surface area is 239 Å². The molecular formula is C30H34F6N4O2. The first-order chi connectivity index (χ1) is 20.2. The minimum Gasteiger partial charge on any atom is -0.434 e. The van der Waals surface area contributed by atoms with Gasteiger partial charge in [0.15, 0.2) is 5.67 Å². The van der Waals surface area contributed by atoms with Gasteiger partial charge in [0.1, 0.15) is 17.4 Å². The molecule has 3 atom stereocenters. The van der Waals surface area contributed by atoms with Crippen LogP contribution in [0.5, 0.6) is 5.75 Å². The summed E-state index contributed by atoms with van der Waals surface area (Å²) in [6.45, 7) is -0.208. The normalized spacial score (nSPS) is 24.2. The van der Waals surface area contributed by atoms with E-state index in [-0.39, 0.29) is 54.4 Å². The Morgan fingerprint density at radius 3 is 2.71 bits per heavy atom. The maximum absolute atomic E-state index is 15.8. The summed E-state index contributed by atoms with van der Waals surface area (Å²) in [5, 5.41) is 3.74. The summed E-state index contributed by atoms with van der Waals surface area (Å²) in [6.07, 6.45) is 1.53. The largest absolute Gasteiger partial charge is 0.434 e. The van der Waals surface area contributed by atoms with Crippen molar-refractivity contribution in [1.82, 2.24) is 14.8 Å². The molecule has 1 aromatic heterocycles. The number of benzene rings is 2. The maximum atomic E-state index is 15.8. The van der Waals surface area contributed by atoms with Crippen LogP contribution in [0.15, 0.2) is 30.3 Å². The summed E-state index contributed by atoms with van der Waals surface area (Å²) in [5.74, 6) is -1.42. The van der Waals surface area contributed by atoms with Gasteiger partial charge in [-0.05, 0) is 43.9 Å². The minimum atomic E-state index is -3.20. The highest BCUT2D eigenvalue weighted by Gasteiger charge is 2.46. The number of rotatable bonds is 10. The molecule has 4 heterocycles. The molecule has 2 N–H and O–H groups in total. The second-order valence-corrected chi connectivity index (χ2v) is 11.7. The van der Waals surface area contributed by atoms with Gasteiger partial charge in [-0.25, -0.2) is 13.2 Å². The SMILES string of the molecule is C[C@@H]1Cc2c([nH]c3c(F)cccc23)C(c2cc(F)c(N[C@H]3CCN(CCCF)C3)cc2OC(F)F)N1CC1(F)COC1. The van der Waals surface area contributed by atoms with E-state index < -0.39 is 36.6 Å². The number of halogens is 6. The molecule has 3 aromatic rings. The van der Waals surface area contributed by atoms with E-state index in [9.17, 15) is 17.6 Å². The number of ether oxygens (including phenoxy) is 2. The van der Waals surface area contributed by atoms with Crippen LogP contribution >= 0.6 is 0 Å². The first kappa shape index (κ1) is 29.1. The predicted molar refractivity (Wildman–Crippen MR) is 147 cm³/mol. The molecule has 2 saturated heterocycles. The number of hydrogen-bond donors (Lipinski definition) is 2. The van der Waals surface area contributed by atoms with Gasteiger partial charge in [0.2, 0.25) is 0 Å². The van der Waals surface area contributed by atoms with Crippen molar-refractivity contribution in [2.75, 3.05) is 51.4 Å². The molecule has 1 unspecified atom stereocenters. The van der Waals surface area contributed by atoms with Gasteiger partial charge in [-0.15, -0.1) is 0 Å². The number of aromatic nitrogens is 1. The number of para-hydroxylation sites is 1. The van der Waals surface area contributed by atoms with Crippen molar-refractivity contribution in [3.8, 4) is 5.75 Å². The lowest BCUT2D eigenvalue weighted by Gasteiger charge is -2.46. The number of alkyl halides is 4. The van der Waals surface area contributed by atoms with Gasteiger partial charge >= 0.3 is 6.61 Å². The third kappa shape index (κ3) is 5.56. The first-order valence-electron chi connectivity index (χ1n) is 14.3. The quantitative estimate of drug-likeness (QED) is 0.283. The molecule has 0 aliphatic carbocycles. The van der Waals surface area contributed by atoms with Crippen molar-refractivity contribution >= 4 is 16.6 Å². The van der Waals surface area contributed by atoms with Gasteiger partial charge in [-0.2, -0.15) is 8.78 Å². The highest BCUT2D eigenvalue weighted by molar-refractivity contribution is 5.86. The van der Waals surface area contributed by atoms with Crippen LogP contribution in [0.1, 0.15) is 42.6 Å². The molecule has 42 heavy (non-hydrogen) atoms. The number of hydrogen-bond acceptors (Lipinski definition) is 5. The van der Waals surface area contributed by atoms with E-state index in [1.807, 2.05) is 6.92 Å². The molecule has 0 amide bonds. The van der Waals surface area contributed by atoms with Crippen molar-refractivity contribution in [3.63, 3.8) is 0 Å². The zero-order valence-electron chi connectivity index (χ0n) is 23.2. The Hall–Kier alpha value is -2.96. The molecule has 6 nitrogen and oxygen atoms in total. The summed E-state index contributed by atoms with van der Waals surface area (Å²) in [5.41, 5.74) is -0.0901. The molecule has 12 heteroatoms. The van der Waals surface area contributed by atoms with E-state index in [1.165, 1.54) is 12.1 Å². The van der Waals surface area contributed by atoms with Crippen LogP contribution in [0.2, 0.25) is 0 Å². The second-order valence-electron chi connectivity index (χ2n) is 11.7. The van der Waals surface area contributed by atoms with E-state index in [1.54, 1.807) is 17.0 Å². The van der Waals surface area contributed by atoms with Crippen LogP contribution < -0.4 is 10.1 Å². The first-order valence-corrected chi connectivity index (χ1v) is 14.3. The average molecular weight is 597 g/mol. The minimum absolute atomic E-state index is 0.000538. The average Bonchev–Trinajstić information content (AvgIpc) is 3.53. The molecule has 2 fully saturated rings. The fraction of sp³-hybridized carbons (Fsp3) is 0.533. The van der Waals surface area contributed by atoms with Crippen LogP contribution in [0.3, 0.4) is 0 Å². The zero-order valence-corrected chi connectivity index (χ0v) is 23.2. The highest BCUT2D eigenvalue weighted by Crippen LogP contribution is 2.46. The van der Waals surface area contributed by atoms with Crippen LogP contribution in [0.4, 0.5) is 32.0 Å². The van der Waals surface area contributed by atoms with Gasteiger partial charge < -0.3 is 24.7 Å². The zero-order chi connectivity index (χ0) is 29.6. The highest BCUT2D eigenvalue weighted by atomic mass is 19.3. The van der Waals surface area contributed by atoms with Crippen molar-refractivity contribution < 1.29 is 35.8 Å². The van der Waals surface area contributed by atoms with Gasteiger partial charge in [0, 0.05) is 61.0 Å². The van der Waals surface area contributed by atoms with Crippen molar-refractivity contribution in [3.05, 3.63) is 58.8 Å². The summed E-state index contributed by atoms with van der Waals surface area (Å²) >= 11 is 0. The third-order valence-corrected chi connectivity index (χ3v) is 8.63. The lowest BCUT2D eigenvalue weighted by molar-refractivity contribution is -0.148. The van der Waals surface area contributed by atoms with Crippen molar-refractivity contribution in [1.29, 1.82) is 0 Å². The monoisotopic (exact) mass is 596 g/mol.